The minimum absolute atomic E-state index is 0.0747. The number of hydrogen-bond acceptors (Lipinski definition) is 5. The van der Waals surface area contributed by atoms with Gasteiger partial charge in [-0.1, -0.05) is 12.8 Å². The monoisotopic (exact) mass is 312 g/mol. The molecule has 1 aliphatic carbocycles. The molecule has 1 saturated carbocycles. The molecule has 0 spiro atoms. The van der Waals surface area contributed by atoms with Gasteiger partial charge in [0.2, 0.25) is 17.7 Å². The van der Waals surface area contributed by atoms with Crippen LogP contribution in [0.25, 0.3) is 0 Å². The Kier molecular flexibility index (Phi) is 5.78. The molecule has 2 atom stereocenters. The third-order valence-corrected chi connectivity index (χ3v) is 4.85. The number of hydrogen-bond donors (Lipinski definition) is 1. The number of aldehydes is 1. The minimum atomic E-state index is -0.182. The summed E-state index contributed by atoms with van der Waals surface area (Å²) in [6.07, 6.45) is 4.39. The second-order valence-electron chi connectivity index (χ2n) is 5.36. The summed E-state index contributed by atoms with van der Waals surface area (Å²) in [5.41, 5.74) is 0. The highest BCUT2D eigenvalue weighted by Crippen LogP contribution is 2.37. The Morgan fingerprint density at radius 2 is 1.86 bits per heavy atom. The molecule has 116 valence electrons. The number of nitrogens with zero attached hydrogens (tertiary/aromatic N) is 1. The van der Waals surface area contributed by atoms with Crippen molar-refractivity contribution in [1.82, 2.24) is 10.2 Å². The van der Waals surface area contributed by atoms with E-state index in [1.807, 2.05) is 0 Å². The molecule has 21 heavy (non-hydrogen) atoms. The molecule has 2 rings (SSSR count). The van der Waals surface area contributed by atoms with E-state index in [2.05, 4.69) is 5.32 Å². The first-order valence-corrected chi connectivity index (χ1v) is 8.44. The van der Waals surface area contributed by atoms with Crippen molar-refractivity contribution in [2.45, 2.75) is 25.7 Å². The van der Waals surface area contributed by atoms with Gasteiger partial charge in [0.25, 0.3) is 0 Å². The molecule has 7 heteroatoms. The van der Waals surface area contributed by atoms with E-state index in [4.69, 9.17) is 0 Å². The number of amides is 3. The third-order valence-electron chi connectivity index (χ3n) is 4.01. The molecule has 1 saturated heterocycles. The molecule has 3 amide bonds. The zero-order chi connectivity index (χ0) is 15.2. The summed E-state index contributed by atoms with van der Waals surface area (Å²) in [5.74, 6) is -0.0942. The van der Waals surface area contributed by atoms with Crippen LogP contribution in [0.1, 0.15) is 25.7 Å². The van der Waals surface area contributed by atoms with Crippen molar-refractivity contribution in [1.29, 1.82) is 0 Å². The number of nitrogens with one attached hydrogen (secondary N) is 1. The third kappa shape index (κ3) is 3.84. The summed E-state index contributed by atoms with van der Waals surface area (Å²) < 4.78 is 0. The van der Waals surface area contributed by atoms with Gasteiger partial charge in [-0.05, 0) is 12.8 Å². The fourth-order valence-electron chi connectivity index (χ4n) is 3.01. The summed E-state index contributed by atoms with van der Waals surface area (Å²) in [5, 5.41) is 2.67. The number of imide groups is 1. The van der Waals surface area contributed by atoms with Crippen LogP contribution in [0.4, 0.5) is 0 Å². The number of carbonyl (C=O) groups excluding carboxylic acids is 4. The molecule has 0 bridgehead atoms. The summed E-state index contributed by atoms with van der Waals surface area (Å²) in [7, 11) is 0. The number of likely N-dealkylation sites (tertiary alicyclic amines) is 1. The average Bonchev–Trinajstić information content (AvgIpc) is 2.73. The molecule has 0 aromatic carbocycles. The Labute approximate surface area is 128 Å². The maximum absolute atomic E-state index is 12.2. The Bertz CT molecular complexity index is 417. The van der Waals surface area contributed by atoms with E-state index in [1.165, 1.54) is 16.7 Å². The van der Waals surface area contributed by atoms with Crippen LogP contribution >= 0.6 is 11.8 Å². The summed E-state index contributed by atoms with van der Waals surface area (Å²) in [4.78, 5) is 47.3. The fourth-order valence-corrected chi connectivity index (χ4v) is 3.51. The Balaban J connectivity index is 1.75. The number of carbonyl (C=O) groups is 4. The lowest BCUT2D eigenvalue weighted by molar-refractivity contribution is -0.140. The van der Waals surface area contributed by atoms with Crippen LogP contribution in [0.2, 0.25) is 0 Å². The first-order valence-electron chi connectivity index (χ1n) is 7.28. The molecule has 2 aliphatic rings. The van der Waals surface area contributed by atoms with Crippen LogP contribution in [0.15, 0.2) is 0 Å². The average molecular weight is 312 g/mol. The van der Waals surface area contributed by atoms with E-state index < -0.39 is 0 Å². The van der Waals surface area contributed by atoms with Crippen molar-refractivity contribution < 1.29 is 19.2 Å². The summed E-state index contributed by atoms with van der Waals surface area (Å²) in [6, 6.07) is 0. The SMILES string of the molecule is O=CCSCC(=O)NCCN1C(=O)[C@H]2CCCC[C@H]2C1=O. The lowest BCUT2D eigenvalue weighted by atomic mass is 9.81. The van der Waals surface area contributed by atoms with E-state index in [0.717, 1.165) is 32.0 Å². The molecule has 1 aliphatic heterocycles. The molecular formula is C14H20N2O4S. The fraction of sp³-hybridized carbons (Fsp3) is 0.714. The van der Waals surface area contributed by atoms with E-state index >= 15 is 0 Å². The summed E-state index contributed by atoms with van der Waals surface area (Å²) >= 11 is 1.23. The molecule has 6 nitrogen and oxygen atoms in total. The van der Waals surface area contributed by atoms with Gasteiger partial charge in [0.05, 0.1) is 17.6 Å². The van der Waals surface area contributed by atoms with Gasteiger partial charge in [-0.2, -0.15) is 0 Å². The Hall–Kier alpha value is -1.37. The first-order chi connectivity index (χ1) is 10.1. The molecule has 1 N–H and O–H groups in total. The van der Waals surface area contributed by atoms with Crippen LogP contribution in [0, 0.1) is 11.8 Å². The number of fused-ring (bicyclic) bond motifs is 1. The lowest BCUT2D eigenvalue weighted by Gasteiger charge is -2.19. The first kappa shape index (κ1) is 16.0. The van der Waals surface area contributed by atoms with Gasteiger partial charge in [-0.3, -0.25) is 19.3 Å². The number of thioether (sulfide) groups is 1. The van der Waals surface area contributed by atoms with Crippen LogP contribution in [0.5, 0.6) is 0 Å². The van der Waals surface area contributed by atoms with Crippen molar-refractivity contribution in [3.05, 3.63) is 0 Å². The van der Waals surface area contributed by atoms with Crippen LogP contribution < -0.4 is 5.32 Å². The zero-order valence-electron chi connectivity index (χ0n) is 11.9. The Morgan fingerprint density at radius 3 is 2.43 bits per heavy atom. The van der Waals surface area contributed by atoms with Gasteiger partial charge >= 0.3 is 0 Å². The van der Waals surface area contributed by atoms with Crippen molar-refractivity contribution in [3.63, 3.8) is 0 Å². The van der Waals surface area contributed by atoms with Gasteiger partial charge in [0.1, 0.15) is 6.29 Å². The Morgan fingerprint density at radius 1 is 1.24 bits per heavy atom. The highest BCUT2D eigenvalue weighted by molar-refractivity contribution is 8.00. The molecule has 0 radical (unpaired) electrons. The second kappa shape index (κ2) is 7.59. The maximum atomic E-state index is 12.2. The standard InChI is InChI=1S/C14H20N2O4S/c17-7-8-21-9-12(18)15-5-6-16-13(19)10-3-1-2-4-11(10)14(16)20/h7,10-11H,1-6,8-9H2,(H,15,18)/t10-,11+. The van der Waals surface area contributed by atoms with Crippen LogP contribution in [0.3, 0.4) is 0 Å². The number of rotatable bonds is 7. The largest absolute Gasteiger partial charge is 0.354 e. The van der Waals surface area contributed by atoms with Gasteiger partial charge in [0.15, 0.2) is 0 Å². The normalized spacial score (nSPS) is 24.9. The predicted octanol–water partition coefficient (Wildman–Crippen LogP) is 0.210. The topological polar surface area (TPSA) is 83.6 Å². The highest BCUT2D eigenvalue weighted by atomic mass is 32.2. The van der Waals surface area contributed by atoms with E-state index in [9.17, 15) is 19.2 Å². The predicted molar refractivity (Wildman–Crippen MR) is 78.6 cm³/mol. The maximum Gasteiger partial charge on any atom is 0.233 e. The van der Waals surface area contributed by atoms with Crippen molar-refractivity contribution in [2.75, 3.05) is 24.6 Å². The highest BCUT2D eigenvalue weighted by Gasteiger charge is 2.47. The zero-order valence-corrected chi connectivity index (χ0v) is 12.7. The van der Waals surface area contributed by atoms with Gasteiger partial charge < -0.3 is 10.1 Å². The quantitative estimate of drug-likeness (QED) is 0.413. The lowest BCUT2D eigenvalue weighted by Crippen LogP contribution is -2.39. The smallest absolute Gasteiger partial charge is 0.233 e. The van der Waals surface area contributed by atoms with Crippen LogP contribution in [-0.2, 0) is 19.2 Å². The molecule has 0 aromatic heterocycles. The van der Waals surface area contributed by atoms with Gasteiger partial charge in [0, 0.05) is 18.8 Å². The molecule has 2 fully saturated rings. The van der Waals surface area contributed by atoms with Crippen molar-refractivity contribution in [3.8, 4) is 0 Å². The molecule has 0 unspecified atom stereocenters. The van der Waals surface area contributed by atoms with E-state index in [-0.39, 0.29) is 48.4 Å². The summed E-state index contributed by atoms with van der Waals surface area (Å²) in [6.45, 7) is 0.520. The van der Waals surface area contributed by atoms with Crippen molar-refractivity contribution in [2.24, 2.45) is 11.8 Å². The van der Waals surface area contributed by atoms with E-state index in [1.54, 1.807) is 0 Å². The van der Waals surface area contributed by atoms with Gasteiger partial charge in [-0.15, -0.1) is 11.8 Å². The molecule has 1 heterocycles. The molecule has 0 aromatic rings. The van der Waals surface area contributed by atoms with Crippen LogP contribution in [-0.4, -0.2) is 53.5 Å². The van der Waals surface area contributed by atoms with Crippen molar-refractivity contribution >= 4 is 35.8 Å². The minimum Gasteiger partial charge on any atom is -0.354 e. The van der Waals surface area contributed by atoms with Gasteiger partial charge in [-0.25, -0.2) is 0 Å². The second-order valence-corrected chi connectivity index (χ2v) is 6.39. The molecular weight excluding hydrogens is 292 g/mol. The van der Waals surface area contributed by atoms with E-state index in [0.29, 0.717) is 5.75 Å².